The molecule has 2 bridgehead atoms. The Bertz CT molecular complexity index is 333. The molecular weight excluding hydrogens is 216 g/mol. The standard InChI is InChI=1S/C13H22N2O2/c1-17-12(16)13(14)5-4-11(7-13)15-8-9-2-3-10(15)6-9/h9-11H,2-8,14H2,1H3. The lowest BCUT2D eigenvalue weighted by molar-refractivity contribution is -0.147. The first-order valence-electron chi connectivity index (χ1n) is 6.75. The molecule has 0 spiro atoms. The topological polar surface area (TPSA) is 55.6 Å². The maximum absolute atomic E-state index is 11.7. The molecule has 4 nitrogen and oxygen atoms in total. The number of rotatable bonds is 2. The molecule has 3 fully saturated rings. The Hall–Kier alpha value is -0.610. The lowest BCUT2D eigenvalue weighted by atomic mass is 9.98. The van der Waals surface area contributed by atoms with Crippen molar-refractivity contribution in [2.24, 2.45) is 11.7 Å². The van der Waals surface area contributed by atoms with Gasteiger partial charge in [-0.2, -0.15) is 0 Å². The van der Waals surface area contributed by atoms with E-state index < -0.39 is 5.54 Å². The van der Waals surface area contributed by atoms with Gasteiger partial charge in [-0.3, -0.25) is 9.69 Å². The predicted octanol–water partition coefficient (Wildman–Crippen LogP) is 0.894. The van der Waals surface area contributed by atoms with Crippen molar-refractivity contribution in [2.45, 2.75) is 56.1 Å². The number of hydrogen-bond acceptors (Lipinski definition) is 4. The van der Waals surface area contributed by atoms with Crippen LogP contribution < -0.4 is 5.73 Å². The number of hydrogen-bond donors (Lipinski definition) is 1. The van der Waals surface area contributed by atoms with E-state index in [-0.39, 0.29) is 5.97 Å². The number of carbonyl (C=O) groups is 1. The van der Waals surface area contributed by atoms with Crippen molar-refractivity contribution in [3.8, 4) is 0 Å². The van der Waals surface area contributed by atoms with Gasteiger partial charge in [0.05, 0.1) is 7.11 Å². The van der Waals surface area contributed by atoms with E-state index in [0.717, 1.165) is 31.2 Å². The highest BCUT2D eigenvalue weighted by atomic mass is 16.5. The zero-order chi connectivity index (χ0) is 12.0. The highest BCUT2D eigenvalue weighted by molar-refractivity contribution is 5.81. The van der Waals surface area contributed by atoms with Gasteiger partial charge in [-0.15, -0.1) is 0 Å². The van der Waals surface area contributed by atoms with Gasteiger partial charge in [-0.05, 0) is 44.4 Å². The van der Waals surface area contributed by atoms with Gasteiger partial charge in [-0.1, -0.05) is 0 Å². The van der Waals surface area contributed by atoms with Gasteiger partial charge in [0.1, 0.15) is 5.54 Å². The van der Waals surface area contributed by atoms with Gasteiger partial charge in [-0.25, -0.2) is 0 Å². The predicted molar refractivity (Wildman–Crippen MR) is 64.4 cm³/mol. The number of likely N-dealkylation sites (tertiary alicyclic amines) is 1. The highest BCUT2D eigenvalue weighted by Gasteiger charge is 2.49. The van der Waals surface area contributed by atoms with Crippen molar-refractivity contribution in [1.82, 2.24) is 4.90 Å². The number of fused-ring (bicyclic) bond motifs is 2. The van der Waals surface area contributed by atoms with E-state index in [9.17, 15) is 4.79 Å². The molecule has 2 saturated carbocycles. The quantitative estimate of drug-likeness (QED) is 0.726. The minimum absolute atomic E-state index is 0.232. The molecule has 0 aromatic rings. The van der Waals surface area contributed by atoms with E-state index in [1.54, 1.807) is 0 Å². The van der Waals surface area contributed by atoms with Gasteiger partial charge < -0.3 is 10.5 Å². The summed E-state index contributed by atoms with van der Waals surface area (Å²) in [4.78, 5) is 14.3. The Labute approximate surface area is 102 Å². The summed E-state index contributed by atoms with van der Waals surface area (Å²) >= 11 is 0. The molecule has 1 heterocycles. The minimum Gasteiger partial charge on any atom is -0.468 e. The molecule has 0 aromatic carbocycles. The third-order valence-electron chi connectivity index (χ3n) is 5.04. The number of nitrogens with two attached hydrogens (primary N) is 1. The van der Waals surface area contributed by atoms with Crippen LogP contribution in [0.25, 0.3) is 0 Å². The van der Waals surface area contributed by atoms with Crippen LogP contribution in [0.4, 0.5) is 0 Å². The summed E-state index contributed by atoms with van der Waals surface area (Å²) in [6, 6.07) is 1.28. The van der Waals surface area contributed by atoms with E-state index in [2.05, 4.69) is 4.90 Å². The van der Waals surface area contributed by atoms with Gasteiger partial charge in [0, 0.05) is 18.6 Å². The summed E-state index contributed by atoms with van der Waals surface area (Å²) in [5, 5.41) is 0. The summed E-state index contributed by atoms with van der Waals surface area (Å²) in [6.45, 7) is 1.23. The zero-order valence-corrected chi connectivity index (χ0v) is 10.5. The summed E-state index contributed by atoms with van der Waals surface area (Å²) in [7, 11) is 1.43. The average Bonchev–Trinajstić information content (AvgIpc) is 3.02. The highest BCUT2D eigenvalue weighted by Crippen LogP contribution is 2.43. The second kappa shape index (κ2) is 3.95. The van der Waals surface area contributed by atoms with E-state index in [0.29, 0.717) is 6.04 Å². The van der Waals surface area contributed by atoms with Gasteiger partial charge in [0.25, 0.3) is 0 Å². The lowest BCUT2D eigenvalue weighted by Crippen LogP contribution is -2.49. The smallest absolute Gasteiger partial charge is 0.325 e. The Morgan fingerprint density at radius 3 is 2.76 bits per heavy atom. The third-order valence-corrected chi connectivity index (χ3v) is 5.04. The Balaban J connectivity index is 1.66. The summed E-state index contributed by atoms with van der Waals surface area (Å²) in [5.74, 6) is 0.676. The number of esters is 1. The second-order valence-corrected chi connectivity index (χ2v) is 6.07. The molecule has 4 heteroatoms. The van der Waals surface area contributed by atoms with E-state index in [4.69, 9.17) is 10.5 Å². The molecule has 1 saturated heterocycles. The van der Waals surface area contributed by atoms with Crippen molar-refractivity contribution in [3.05, 3.63) is 0 Å². The molecule has 3 rings (SSSR count). The molecule has 0 aromatic heterocycles. The lowest BCUT2D eigenvalue weighted by Gasteiger charge is -2.33. The molecule has 17 heavy (non-hydrogen) atoms. The maximum atomic E-state index is 11.7. The summed E-state index contributed by atoms with van der Waals surface area (Å²) < 4.78 is 4.83. The molecule has 96 valence electrons. The monoisotopic (exact) mass is 238 g/mol. The molecule has 0 amide bonds. The van der Waals surface area contributed by atoms with Crippen molar-refractivity contribution in [2.75, 3.05) is 13.7 Å². The molecule has 2 aliphatic carbocycles. The average molecular weight is 238 g/mol. The molecule has 4 atom stereocenters. The van der Waals surface area contributed by atoms with Crippen LogP contribution in [0.2, 0.25) is 0 Å². The zero-order valence-electron chi connectivity index (χ0n) is 10.5. The number of ether oxygens (including phenoxy) is 1. The fraction of sp³-hybridized carbons (Fsp3) is 0.923. The van der Waals surface area contributed by atoms with Crippen molar-refractivity contribution in [1.29, 1.82) is 0 Å². The molecule has 1 aliphatic heterocycles. The van der Waals surface area contributed by atoms with Crippen molar-refractivity contribution in [3.63, 3.8) is 0 Å². The SMILES string of the molecule is COC(=O)C1(N)CCC(N2CC3CCC2C3)C1. The first-order valence-corrected chi connectivity index (χ1v) is 6.75. The van der Waals surface area contributed by atoms with Crippen LogP contribution in [0.5, 0.6) is 0 Å². The normalized spacial score (nSPS) is 45.4. The fourth-order valence-electron chi connectivity index (χ4n) is 4.13. The van der Waals surface area contributed by atoms with Crippen LogP contribution >= 0.6 is 0 Å². The van der Waals surface area contributed by atoms with E-state index >= 15 is 0 Å². The minimum atomic E-state index is -0.721. The van der Waals surface area contributed by atoms with Crippen LogP contribution in [0.3, 0.4) is 0 Å². The molecule has 4 unspecified atom stereocenters. The number of methoxy groups -OCH3 is 1. The number of carbonyl (C=O) groups excluding carboxylic acids is 1. The van der Waals surface area contributed by atoms with Crippen LogP contribution in [0.15, 0.2) is 0 Å². The third kappa shape index (κ3) is 1.78. The van der Waals surface area contributed by atoms with Crippen molar-refractivity contribution >= 4 is 5.97 Å². The van der Waals surface area contributed by atoms with Gasteiger partial charge in [0.2, 0.25) is 0 Å². The number of nitrogens with zero attached hydrogens (tertiary/aromatic N) is 1. The largest absolute Gasteiger partial charge is 0.468 e. The Morgan fingerprint density at radius 1 is 1.35 bits per heavy atom. The van der Waals surface area contributed by atoms with Crippen LogP contribution in [0.1, 0.15) is 38.5 Å². The second-order valence-electron chi connectivity index (χ2n) is 6.07. The number of piperidine rings is 1. The van der Waals surface area contributed by atoms with Gasteiger partial charge >= 0.3 is 5.97 Å². The Morgan fingerprint density at radius 2 is 2.18 bits per heavy atom. The maximum Gasteiger partial charge on any atom is 0.325 e. The Kier molecular flexibility index (Phi) is 2.67. The molecule has 2 N–H and O–H groups in total. The van der Waals surface area contributed by atoms with Crippen LogP contribution in [-0.4, -0.2) is 42.1 Å². The first kappa shape index (κ1) is 11.5. The fourth-order valence-corrected chi connectivity index (χ4v) is 4.13. The van der Waals surface area contributed by atoms with Crippen LogP contribution in [-0.2, 0) is 9.53 Å². The summed E-state index contributed by atoms with van der Waals surface area (Å²) in [6.07, 6.45) is 6.72. The van der Waals surface area contributed by atoms with Crippen LogP contribution in [0, 0.1) is 5.92 Å². The first-order chi connectivity index (χ1) is 8.12. The summed E-state index contributed by atoms with van der Waals surface area (Å²) in [5.41, 5.74) is 5.45. The molecule has 0 radical (unpaired) electrons. The van der Waals surface area contributed by atoms with Gasteiger partial charge in [0.15, 0.2) is 0 Å². The molecular formula is C13H22N2O2. The molecule has 3 aliphatic rings. The van der Waals surface area contributed by atoms with Crippen molar-refractivity contribution < 1.29 is 9.53 Å². The van der Waals surface area contributed by atoms with E-state index in [1.807, 2.05) is 0 Å². The van der Waals surface area contributed by atoms with E-state index in [1.165, 1.54) is 32.9 Å².